The lowest BCUT2D eigenvalue weighted by molar-refractivity contribution is -0.121. The van der Waals surface area contributed by atoms with Gasteiger partial charge in [-0.25, -0.2) is 0 Å². The number of carbonyl (C=O) groups excluding carboxylic acids is 2. The van der Waals surface area contributed by atoms with Gasteiger partial charge in [-0.3, -0.25) is 9.59 Å². The minimum atomic E-state index is 0.0888. The maximum absolute atomic E-state index is 11.7. The van der Waals surface area contributed by atoms with E-state index >= 15 is 0 Å². The van der Waals surface area contributed by atoms with Crippen LogP contribution in [-0.4, -0.2) is 18.2 Å². The number of Topliss-reactive ketones (excluding diaryl/α,β-unsaturated/α-hetero) is 1. The molecule has 3 nitrogen and oxygen atoms in total. The summed E-state index contributed by atoms with van der Waals surface area (Å²) < 4.78 is 0. The van der Waals surface area contributed by atoms with Gasteiger partial charge in [0.25, 0.3) is 0 Å². The fraction of sp³-hybridized carbons (Fsp3) is 0.600. The highest BCUT2D eigenvalue weighted by molar-refractivity contribution is 7.12. The quantitative estimate of drug-likeness (QED) is 0.777. The zero-order valence-electron chi connectivity index (χ0n) is 11.2. The van der Waals surface area contributed by atoms with E-state index in [1.54, 1.807) is 0 Å². The smallest absolute Gasteiger partial charge is 0.220 e. The van der Waals surface area contributed by atoms with Gasteiger partial charge in [-0.15, -0.1) is 11.3 Å². The van der Waals surface area contributed by atoms with Crippen molar-refractivity contribution in [2.24, 2.45) is 5.92 Å². The van der Waals surface area contributed by atoms with Gasteiger partial charge in [0.1, 0.15) is 0 Å². The lowest BCUT2D eigenvalue weighted by Gasteiger charge is -2.10. The summed E-state index contributed by atoms with van der Waals surface area (Å²) in [5, 5.41) is 4.89. The molecule has 4 heteroatoms. The molecule has 2 rings (SSSR count). The summed E-state index contributed by atoms with van der Waals surface area (Å²) >= 11 is 1.47. The predicted octanol–water partition coefficient (Wildman–Crippen LogP) is 3.41. The molecule has 1 aliphatic carbocycles. The van der Waals surface area contributed by atoms with Crippen LogP contribution in [0.4, 0.5) is 0 Å². The minimum Gasteiger partial charge on any atom is -0.356 e. The van der Waals surface area contributed by atoms with Crippen molar-refractivity contribution in [1.82, 2.24) is 5.32 Å². The molecule has 1 aromatic rings. The average molecular weight is 279 g/mol. The number of rotatable bonds is 7. The van der Waals surface area contributed by atoms with Crippen LogP contribution in [0, 0.1) is 5.92 Å². The maximum atomic E-state index is 11.7. The third-order valence-electron chi connectivity index (χ3n) is 3.67. The van der Waals surface area contributed by atoms with E-state index in [2.05, 4.69) is 5.32 Å². The average Bonchev–Trinajstić information content (AvgIpc) is 3.09. The van der Waals surface area contributed by atoms with Gasteiger partial charge in [-0.1, -0.05) is 18.9 Å². The highest BCUT2D eigenvalue weighted by Gasteiger charge is 2.15. The second-order valence-corrected chi connectivity index (χ2v) is 6.16. The van der Waals surface area contributed by atoms with Crippen LogP contribution in [0.5, 0.6) is 0 Å². The zero-order valence-corrected chi connectivity index (χ0v) is 12.0. The third-order valence-corrected chi connectivity index (χ3v) is 4.58. The first kappa shape index (κ1) is 14.3. The Morgan fingerprint density at radius 1 is 1.26 bits per heavy atom. The second-order valence-electron chi connectivity index (χ2n) is 5.21. The molecular formula is C15H21NO2S. The lowest BCUT2D eigenvalue weighted by Crippen LogP contribution is -2.28. The molecule has 1 N–H and O–H groups in total. The van der Waals surface area contributed by atoms with Crippen LogP contribution in [0.15, 0.2) is 17.5 Å². The number of carbonyl (C=O) groups is 2. The van der Waals surface area contributed by atoms with Crippen molar-refractivity contribution < 1.29 is 9.59 Å². The van der Waals surface area contributed by atoms with Crippen LogP contribution < -0.4 is 5.32 Å². The first-order chi connectivity index (χ1) is 9.25. The molecule has 1 aliphatic rings. The topological polar surface area (TPSA) is 46.2 Å². The molecule has 1 saturated carbocycles. The molecule has 1 heterocycles. The van der Waals surface area contributed by atoms with Crippen molar-refractivity contribution >= 4 is 23.0 Å². The van der Waals surface area contributed by atoms with Gasteiger partial charge in [-0.05, 0) is 36.6 Å². The van der Waals surface area contributed by atoms with E-state index in [9.17, 15) is 9.59 Å². The monoisotopic (exact) mass is 279 g/mol. The van der Waals surface area contributed by atoms with Crippen LogP contribution in [0.25, 0.3) is 0 Å². The molecule has 1 aromatic heterocycles. The van der Waals surface area contributed by atoms with Gasteiger partial charge in [0.2, 0.25) is 5.91 Å². The molecule has 0 unspecified atom stereocenters. The van der Waals surface area contributed by atoms with Crippen molar-refractivity contribution in [3.05, 3.63) is 22.4 Å². The Morgan fingerprint density at radius 3 is 2.74 bits per heavy atom. The zero-order chi connectivity index (χ0) is 13.5. The fourth-order valence-corrected chi connectivity index (χ4v) is 3.23. The maximum Gasteiger partial charge on any atom is 0.220 e. The van der Waals surface area contributed by atoms with E-state index in [4.69, 9.17) is 0 Å². The summed E-state index contributed by atoms with van der Waals surface area (Å²) in [6.45, 7) is 0.817. The van der Waals surface area contributed by atoms with E-state index in [1.165, 1.54) is 37.0 Å². The van der Waals surface area contributed by atoms with Crippen molar-refractivity contribution in [1.29, 1.82) is 0 Å². The summed E-state index contributed by atoms with van der Waals surface area (Å²) in [6.07, 6.45) is 6.68. The molecule has 0 aliphatic heterocycles. The molecule has 0 aromatic carbocycles. The summed E-state index contributed by atoms with van der Waals surface area (Å²) in [4.78, 5) is 24.2. The third kappa shape index (κ3) is 4.78. The SMILES string of the molecule is O=C(CCCC(=O)c1cccs1)NCC1CCCC1. The summed E-state index contributed by atoms with van der Waals surface area (Å²) in [6, 6.07) is 3.72. The largest absolute Gasteiger partial charge is 0.356 e. The standard InChI is InChI=1S/C15H21NO2S/c17-13(14-8-4-10-19-14)7-3-9-15(18)16-11-12-5-1-2-6-12/h4,8,10,12H,1-3,5-7,9,11H2,(H,16,18). The van der Waals surface area contributed by atoms with Crippen LogP contribution in [0.1, 0.15) is 54.6 Å². The number of nitrogens with one attached hydrogen (secondary N) is 1. The van der Waals surface area contributed by atoms with E-state index in [0.717, 1.165) is 11.4 Å². The highest BCUT2D eigenvalue weighted by Crippen LogP contribution is 2.23. The molecule has 1 amide bonds. The molecule has 0 atom stereocenters. The van der Waals surface area contributed by atoms with E-state index < -0.39 is 0 Å². The van der Waals surface area contributed by atoms with Gasteiger partial charge in [-0.2, -0.15) is 0 Å². The lowest BCUT2D eigenvalue weighted by atomic mass is 10.1. The van der Waals surface area contributed by atoms with Gasteiger partial charge in [0.05, 0.1) is 4.88 Å². The Morgan fingerprint density at radius 2 is 2.05 bits per heavy atom. The molecule has 0 radical (unpaired) electrons. The van der Waals surface area contributed by atoms with Gasteiger partial charge < -0.3 is 5.32 Å². The second kappa shape index (κ2) is 7.43. The van der Waals surface area contributed by atoms with Crippen LogP contribution >= 0.6 is 11.3 Å². The fourth-order valence-electron chi connectivity index (χ4n) is 2.53. The number of thiophene rings is 1. The summed E-state index contributed by atoms with van der Waals surface area (Å²) in [5.74, 6) is 0.918. The molecule has 0 spiro atoms. The first-order valence-corrected chi connectivity index (χ1v) is 7.97. The molecule has 19 heavy (non-hydrogen) atoms. The summed E-state index contributed by atoms with van der Waals surface area (Å²) in [7, 11) is 0. The minimum absolute atomic E-state index is 0.0888. The van der Waals surface area contributed by atoms with Crippen LogP contribution in [-0.2, 0) is 4.79 Å². The van der Waals surface area contributed by atoms with Crippen LogP contribution in [0.2, 0.25) is 0 Å². The number of amides is 1. The Hall–Kier alpha value is -1.16. The summed E-state index contributed by atoms with van der Waals surface area (Å²) in [5.41, 5.74) is 0. The molecular weight excluding hydrogens is 258 g/mol. The molecule has 104 valence electrons. The Bertz CT molecular complexity index is 408. The normalized spacial score (nSPS) is 15.6. The van der Waals surface area contributed by atoms with Crippen molar-refractivity contribution in [2.45, 2.75) is 44.9 Å². The van der Waals surface area contributed by atoms with Crippen LogP contribution in [0.3, 0.4) is 0 Å². The van der Waals surface area contributed by atoms with Crippen molar-refractivity contribution in [3.63, 3.8) is 0 Å². The van der Waals surface area contributed by atoms with E-state index in [0.29, 0.717) is 25.2 Å². The number of ketones is 1. The molecule has 0 saturated heterocycles. The molecule has 1 fully saturated rings. The molecule has 0 bridgehead atoms. The van der Waals surface area contributed by atoms with Crippen molar-refractivity contribution in [2.75, 3.05) is 6.54 Å². The first-order valence-electron chi connectivity index (χ1n) is 7.09. The van der Waals surface area contributed by atoms with Gasteiger partial charge >= 0.3 is 0 Å². The Labute approximate surface area is 118 Å². The van der Waals surface area contributed by atoms with Gasteiger partial charge in [0.15, 0.2) is 5.78 Å². The van der Waals surface area contributed by atoms with Crippen molar-refractivity contribution in [3.8, 4) is 0 Å². The predicted molar refractivity (Wildman–Crippen MR) is 77.5 cm³/mol. The Kier molecular flexibility index (Phi) is 5.58. The van der Waals surface area contributed by atoms with E-state index in [-0.39, 0.29) is 11.7 Å². The van der Waals surface area contributed by atoms with Gasteiger partial charge in [0, 0.05) is 19.4 Å². The number of hydrogen-bond acceptors (Lipinski definition) is 3. The Balaban J connectivity index is 1.57. The van der Waals surface area contributed by atoms with E-state index in [1.807, 2.05) is 17.5 Å². The number of hydrogen-bond donors (Lipinski definition) is 1. The highest BCUT2D eigenvalue weighted by atomic mass is 32.1.